The van der Waals surface area contributed by atoms with Gasteiger partial charge in [0.05, 0.1) is 14.2 Å². The van der Waals surface area contributed by atoms with E-state index in [1.54, 1.807) is 18.2 Å². The molecule has 1 heterocycles. The van der Waals surface area contributed by atoms with Crippen molar-refractivity contribution in [3.8, 4) is 11.5 Å². The van der Waals surface area contributed by atoms with Gasteiger partial charge in [0.1, 0.15) is 11.5 Å². The van der Waals surface area contributed by atoms with Crippen LogP contribution in [0.1, 0.15) is 19.3 Å². The van der Waals surface area contributed by atoms with Crippen molar-refractivity contribution in [2.24, 2.45) is 0 Å². The number of benzene rings is 1. The quantitative estimate of drug-likeness (QED) is 0.798. The van der Waals surface area contributed by atoms with Crippen molar-refractivity contribution in [3.63, 3.8) is 0 Å². The summed E-state index contributed by atoms with van der Waals surface area (Å²) in [6, 6.07) is 5.01. The third-order valence-electron chi connectivity index (χ3n) is 3.35. The van der Waals surface area contributed by atoms with Gasteiger partial charge in [0.2, 0.25) is 17.7 Å². The number of carbonyl (C=O) groups is 3. The lowest BCUT2D eigenvalue weighted by Crippen LogP contribution is -2.32. The highest BCUT2D eigenvalue weighted by molar-refractivity contribution is 6.02. The van der Waals surface area contributed by atoms with Gasteiger partial charge in [-0.05, 0) is 0 Å². The minimum Gasteiger partial charge on any atom is -0.497 e. The number of imide groups is 1. The third kappa shape index (κ3) is 3.75. The van der Waals surface area contributed by atoms with Gasteiger partial charge in [-0.1, -0.05) is 0 Å². The van der Waals surface area contributed by atoms with Gasteiger partial charge in [0, 0.05) is 49.7 Å². The highest BCUT2D eigenvalue weighted by Crippen LogP contribution is 2.25. The average molecular weight is 306 g/mol. The molecule has 1 fully saturated rings. The smallest absolute Gasteiger partial charge is 0.229 e. The zero-order chi connectivity index (χ0) is 16.1. The Hall–Kier alpha value is -2.57. The number of anilines is 1. The summed E-state index contributed by atoms with van der Waals surface area (Å²) in [5.74, 6) is 0.378. The van der Waals surface area contributed by atoms with E-state index < -0.39 is 0 Å². The molecule has 1 N–H and O–H groups in total. The zero-order valence-corrected chi connectivity index (χ0v) is 12.5. The number of carbonyl (C=O) groups excluding carboxylic acids is 3. The van der Waals surface area contributed by atoms with Gasteiger partial charge < -0.3 is 14.8 Å². The number of rotatable bonds is 6. The molecule has 1 aliphatic rings. The van der Waals surface area contributed by atoms with Crippen molar-refractivity contribution in [1.29, 1.82) is 0 Å². The minimum atomic E-state index is -0.289. The van der Waals surface area contributed by atoms with Crippen LogP contribution in [0.2, 0.25) is 0 Å². The van der Waals surface area contributed by atoms with Gasteiger partial charge in [-0.25, -0.2) is 0 Å². The molecular formula is C15H18N2O5. The Morgan fingerprint density at radius 2 is 1.64 bits per heavy atom. The molecule has 0 spiro atoms. The molecule has 0 atom stereocenters. The molecule has 1 aromatic rings. The van der Waals surface area contributed by atoms with E-state index in [0.29, 0.717) is 17.2 Å². The first-order valence-electron chi connectivity index (χ1n) is 6.89. The Balaban J connectivity index is 1.94. The van der Waals surface area contributed by atoms with Crippen LogP contribution in [0.5, 0.6) is 11.5 Å². The van der Waals surface area contributed by atoms with Crippen LogP contribution in [0.15, 0.2) is 18.2 Å². The Morgan fingerprint density at radius 3 is 2.14 bits per heavy atom. The average Bonchev–Trinajstić information content (AvgIpc) is 2.83. The van der Waals surface area contributed by atoms with Crippen LogP contribution >= 0.6 is 0 Å². The zero-order valence-electron chi connectivity index (χ0n) is 12.5. The van der Waals surface area contributed by atoms with E-state index in [1.807, 2.05) is 0 Å². The maximum atomic E-state index is 11.9. The molecule has 0 unspecified atom stereocenters. The molecule has 22 heavy (non-hydrogen) atoms. The molecule has 0 aliphatic carbocycles. The van der Waals surface area contributed by atoms with Gasteiger partial charge in [-0.2, -0.15) is 0 Å². The summed E-state index contributed by atoms with van der Waals surface area (Å²) in [5.41, 5.74) is 0.528. The molecule has 3 amide bonds. The van der Waals surface area contributed by atoms with Gasteiger partial charge in [-0.15, -0.1) is 0 Å². The van der Waals surface area contributed by atoms with Crippen LogP contribution in [-0.2, 0) is 14.4 Å². The number of likely N-dealkylation sites (tertiary alicyclic amines) is 1. The second-order valence-corrected chi connectivity index (χ2v) is 4.84. The molecule has 7 nitrogen and oxygen atoms in total. The van der Waals surface area contributed by atoms with Gasteiger partial charge >= 0.3 is 0 Å². The predicted molar refractivity (Wildman–Crippen MR) is 78.7 cm³/mol. The van der Waals surface area contributed by atoms with Crippen LogP contribution in [0, 0.1) is 0 Å². The number of methoxy groups -OCH3 is 2. The largest absolute Gasteiger partial charge is 0.497 e. The second kappa shape index (κ2) is 6.93. The molecule has 0 saturated carbocycles. The Bertz CT molecular complexity index is 561. The highest BCUT2D eigenvalue weighted by Gasteiger charge is 2.28. The van der Waals surface area contributed by atoms with Crippen molar-refractivity contribution >= 4 is 23.4 Å². The molecule has 2 rings (SSSR count). The summed E-state index contributed by atoms with van der Waals surface area (Å²) in [6.07, 6.45) is 0.512. The summed E-state index contributed by atoms with van der Waals surface area (Å²) in [7, 11) is 3.04. The third-order valence-corrected chi connectivity index (χ3v) is 3.35. The maximum Gasteiger partial charge on any atom is 0.229 e. The summed E-state index contributed by atoms with van der Waals surface area (Å²) < 4.78 is 10.2. The van der Waals surface area contributed by atoms with Gasteiger partial charge in [-0.3, -0.25) is 19.3 Å². The Morgan fingerprint density at radius 1 is 1.09 bits per heavy atom. The van der Waals surface area contributed by atoms with Crippen molar-refractivity contribution in [2.75, 3.05) is 26.1 Å². The van der Waals surface area contributed by atoms with E-state index in [-0.39, 0.29) is 43.5 Å². The van der Waals surface area contributed by atoms with Crippen LogP contribution in [0.3, 0.4) is 0 Å². The van der Waals surface area contributed by atoms with Crippen molar-refractivity contribution in [1.82, 2.24) is 4.90 Å². The SMILES string of the molecule is COc1cc(NC(=O)CCN2C(=O)CCC2=O)cc(OC)c1. The van der Waals surface area contributed by atoms with E-state index in [1.165, 1.54) is 14.2 Å². The normalized spacial score (nSPS) is 14.2. The monoisotopic (exact) mass is 306 g/mol. The van der Waals surface area contributed by atoms with Gasteiger partial charge in [0.15, 0.2) is 0 Å². The number of hydrogen-bond acceptors (Lipinski definition) is 5. The maximum absolute atomic E-state index is 11.9. The molecule has 1 aliphatic heterocycles. The summed E-state index contributed by atoms with van der Waals surface area (Å²) >= 11 is 0. The van der Waals surface area contributed by atoms with E-state index >= 15 is 0 Å². The fourth-order valence-electron chi connectivity index (χ4n) is 2.19. The summed E-state index contributed by atoms with van der Waals surface area (Å²) in [6.45, 7) is 0.102. The molecule has 1 aromatic carbocycles. The second-order valence-electron chi connectivity index (χ2n) is 4.84. The summed E-state index contributed by atoms with van der Waals surface area (Å²) in [5, 5.41) is 2.70. The predicted octanol–water partition coefficient (Wildman–Crippen LogP) is 1.18. The molecule has 118 valence electrons. The van der Waals surface area contributed by atoms with Crippen molar-refractivity contribution in [3.05, 3.63) is 18.2 Å². The van der Waals surface area contributed by atoms with E-state index in [9.17, 15) is 14.4 Å². The molecule has 0 radical (unpaired) electrons. The number of nitrogens with zero attached hydrogens (tertiary/aromatic N) is 1. The molecule has 0 aromatic heterocycles. The molecular weight excluding hydrogens is 288 g/mol. The lowest BCUT2D eigenvalue weighted by molar-refractivity contribution is -0.138. The van der Waals surface area contributed by atoms with E-state index in [4.69, 9.17) is 9.47 Å². The lowest BCUT2D eigenvalue weighted by Gasteiger charge is -2.14. The Labute approximate surface area is 128 Å². The van der Waals surface area contributed by atoms with Gasteiger partial charge in [0.25, 0.3) is 0 Å². The van der Waals surface area contributed by atoms with Crippen molar-refractivity contribution in [2.45, 2.75) is 19.3 Å². The lowest BCUT2D eigenvalue weighted by atomic mass is 10.2. The minimum absolute atomic E-state index is 0.0526. The molecule has 1 saturated heterocycles. The van der Waals surface area contributed by atoms with E-state index in [2.05, 4.69) is 5.32 Å². The number of hydrogen-bond donors (Lipinski definition) is 1. The topological polar surface area (TPSA) is 84.9 Å². The van der Waals surface area contributed by atoms with Crippen molar-refractivity contribution < 1.29 is 23.9 Å². The molecule has 7 heteroatoms. The number of ether oxygens (including phenoxy) is 2. The first-order valence-corrected chi connectivity index (χ1v) is 6.89. The molecule has 0 bridgehead atoms. The fourth-order valence-corrected chi connectivity index (χ4v) is 2.19. The first kappa shape index (κ1) is 15.8. The van der Waals surface area contributed by atoms with E-state index in [0.717, 1.165) is 4.90 Å². The van der Waals surface area contributed by atoms with Crippen LogP contribution in [0.25, 0.3) is 0 Å². The standard InChI is InChI=1S/C15H18N2O5/c1-21-11-7-10(8-12(9-11)22-2)16-13(18)5-6-17-14(19)3-4-15(17)20/h7-9H,3-6H2,1-2H3,(H,16,18). The number of amides is 3. The number of nitrogens with one attached hydrogen (secondary N) is 1. The fraction of sp³-hybridized carbons (Fsp3) is 0.400. The van der Waals surface area contributed by atoms with Crippen LogP contribution in [-0.4, -0.2) is 43.4 Å². The first-order chi connectivity index (χ1) is 10.5. The highest BCUT2D eigenvalue weighted by atomic mass is 16.5. The Kier molecular flexibility index (Phi) is 4.98. The van der Waals surface area contributed by atoms with Crippen LogP contribution < -0.4 is 14.8 Å². The van der Waals surface area contributed by atoms with Crippen LogP contribution in [0.4, 0.5) is 5.69 Å². The summed E-state index contributed by atoms with van der Waals surface area (Å²) in [4.78, 5) is 36.0.